The molecule has 1 aromatic carbocycles. The van der Waals surface area contributed by atoms with Crippen LogP contribution >= 0.6 is 12.2 Å². The van der Waals surface area contributed by atoms with Crippen LogP contribution in [0.4, 0.5) is 0 Å². The van der Waals surface area contributed by atoms with Gasteiger partial charge in [0.1, 0.15) is 6.61 Å². The average molecular weight is 292 g/mol. The van der Waals surface area contributed by atoms with E-state index in [2.05, 4.69) is 10.6 Å². The summed E-state index contributed by atoms with van der Waals surface area (Å²) in [6, 6.07) is 8.89. The van der Waals surface area contributed by atoms with E-state index in [1.165, 1.54) is 0 Å². The smallest absolute Gasteiger partial charge is 0.338 e. The van der Waals surface area contributed by atoms with Crippen molar-refractivity contribution in [3.8, 4) is 0 Å². The molecule has 1 aliphatic rings. The Labute approximate surface area is 122 Å². The molecular weight excluding hydrogens is 276 g/mol. The molecule has 0 aromatic heterocycles. The first-order valence-corrected chi connectivity index (χ1v) is 6.63. The van der Waals surface area contributed by atoms with E-state index in [1.54, 1.807) is 6.92 Å². The molecule has 0 fully saturated rings. The predicted molar refractivity (Wildman–Crippen MR) is 78.7 cm³/mol. The van der Waals surface area contributed by atoms with Crippen molar-refractivity contribution >= 4 is 23.3 Å². The Morgan fingerprint density at radius 2 is 2.10 bits per heavy atom. The van der Waals surface area contributed by atoms with Gasteiger partial charge in [0.2, 0.25) is 0 Å². The molecule has 5 nitrogen and oxygen atoms in total. The van der Waals surface area contributed by atoms with E-state index < -0.39 is 12.0 Å². The lowest BCUT2D eigenvalue weighted by Crippen LogP contribution is -2.51. The number of benzene rings is 1. The molecule has 0 aliphatic carbocycles. The second kappa shape index (κ2) is 6.49. The lowest BCUT2D eigenvalue weighted by atomic mass is 10.0. The molecular formula is C14H16N2O3S. The van der Waals surface area contributed by atoms with Gasteiger partial charge >= 0.3 is 5.97 Å². The van der Waals surface area contributed by atoms with Crippen molar-refractivity contribution < 1.29 is 14.6 Å². The lowest BCUT2D eigenvalue weighted by molar-refractivity contribution is -0.140. The van der Waals surface area contributed by atoms with Gasteiger partial charge in [-0.2, -0.15) is 0 Å². The Balaban J connectivity index is 2.07. The summed E-state index contributed by atoms with van der Waals surface area (Å²) in [5.74, 6) is -0.465. The number of aliphatic hydroxyl groups is 1. The number of hydrogen-bond acceptors (Lipinski definition) is 4. The van der Waals surface area contributed by atoms with E-state index in [0.29, 0.717) is 16.4 Å². The van der Waals surface area contributed by atoms with Gasteiger partial charge in [-0.3, -0.25) is 0 Å². The molecule has 0 saturated heterocycles. The van der Waals surface area contributed by atoms with E-state index in [-0.39, 0.29) is 13.2 Å². The van der Waals surface area contributed by atoms with Gasteiger partial charge in [-0.1, -0.05) is 30.3 Å². The number of carbonyl (C=O) groups is 1. The normalized spacial score (nSPS) is 18.3. The number of allylic oxidation sites excluding steroid dienone is 1. The lowest BCUT2D eigenvalue weighted by Gasteiger charge is -2.28. The molecule has 1 heterocycles. The third-order valence-electron chi connectivity index (χ3n) is 2.97. The fourth-order valence-corrected chi connectivity index (χ4v) is 2.29. The summed E-state index contributed by atoms with van der Waals surface area (Å²) in [6.07, 6.45) is 0. The van der Waals surface area contributed by atoms with Crippen LogP contribution in [-0.4, -0.2) is 28.8 Å². The summed E-state index contributed by atoms with van der Waals surface area (Å²) in [6.45, 7) is 1.70. The van der Waals surface area contributed by atoms with Gasteiger partial charge in [-0.25, -0.2) is 4.79 Å². The minimum absolute atomic E-state index is 0.194. The highest BCUT2D eigenvalue weighted by molar-refractivity contribution is 7.80. The van der Waals surface area contributed by atoms with Crippen molar-refractivity contribution in [2.75, 3.05) is 6.61 Å². The molecule has 106 valence electrons. The zero-order valence-electron chi connectivity index (χ0n) is 11.1. The third-order valence-corrected chi connectivity index (χ3v) is 3.19. The molecule has 2 rings (SSSR count). The molecule has 1 aliphatic heterocycles. The van der Waals surface area contributed by atoms with Crippen molar-refractivity contribution in [2.45, 2.75) is 19.6 Å². The fourth-order valence-electron chi connectivity index (χ4n) is 2.00. The van der Waals surface area contributed by atoms with E-state index >= 15 is 0 Å². The Morgan fingerprint density at radius 1 is 1.40 bits per heavy atom. The maximum atomic E-state index is 12.1. The van der Waals surface area contributed by atoms with Crippen LogP contribution in [0.1, 0.15) is 12.5 Å². The molecule has 1 atom stereocenters. The molecule has 0 amide bonds. The summed E-state index contributed by atoms with van der Waals surface area (Å²) in [4.78, 5) is 12.1. The summed E-state index contributed by atoms with van der Waals surface area (Å²) in [5.41, 5.74) is 1.88. The van der Waals surface area contributed by atoms with Crippen LogP contribution in [0.3, 0.4) is 0 Å². The Hall–Kier alpha value is -1.92. The molecule has 6 heteroatoms. The second-order valence-corrected chi connectivity index (χ2v) is 4.84. The molecule has 0 bridgehead atoms. The molecule has 1 unspecified atom stereocenters. The quantitative estimate of drug-likeness (QED) is 0.564. The highest BCUT2D eigenvalue weighted by Gasteiger charge is 2.29. The topological polar surface area (TPSA) is 70.6 Å². The standard InChI is InChI=1S/C14H16N2O3S/c1-9-12(11(7-17)16-14(20)15-9)13(18)19-8-10-5-3-2-4-6-10/h2-6,11,17H,7-8H2,1H3,(H2,15,16,20). The summed E-state index contributed by atoms with van der Waals surface area (Å²) < 4.78 is 5.27. The summed E-state index contributed by atoms with van der Waals surface area (Å²) in [5, 5.41) is 15.4. The Kier molecular flexibility index (Phi) is 4.70. The Bertz CT molecular complexity index is 543. The van der Waals surface area contributed by atoms with Crippen molar-refractivity contribution in [1.29, 1.82) is 0 Å². The van der Waals surface area contributed by atoms with Crippen molar-refractivity contribution in [2.24, 2.45) is 0 Å². The van der Waals surface area contributed by atoms with Gasteiger partial charge in [-0.05, 0) is 24.7 Å². The third kappa shape index (κ3) is 3.34. The summed E-state index contributed by atoms with van der Waals surface area (Å²) >= 11 is 4.99. The minimum atomic E-state index is -0.535. The highest BCUT2D eigenvalue weighted by atomic mass is 32.1. The number of aliphatic hydroxyl groups excluding tert-OH is 1. The monoisotopic (exact) mass is 292 g/mol. The van der Waals surface area contributed by atoms with Crippen LogP contribution in [0.2, 0.25) is 0 Å². The van der Waals surface area contributed by atoms with Gasteiger partial charge in [0.25, 0.3) is 0 Å². The van der Waals surface area contributed by atoms with E-state index in [4.69, 9.17) is 17.0 Å². The van der Waals surface area contributed by atoms with E-state index in [1.807, 2.05) is 30.3 Å². The van der Waals surface area contributed by atoms with Crippen LogP contribution in [0.25, 0.3) is 0 Å². The van der Waals surface area contributed by atoms with E-state index in [9.17, 15) is 9.90 Å². The zero-order valence-corrected chi connectivity index (χ0v) is 11.9. The first-order valence-electron chi connectivity index (χ1n) is 6.22. The number of nitrogens with one attached hydrogen (secondary N) is 2. The zero-order chi connectivity index (χ0) is 14.5. The van der Waals surface area contributed by atoms with Gasteiger partial charge in [0.05, 0.1) is 18.2 Å². The largest absolute Gasteiger partial charge is 0.457 e. The second-order valence-electron chi connectivity index (χ2n) is 4.43. The van der Waals surface area contributed by atoms with Crippen molar-refractivity contribution in [1.82, 2.24) is 10.6 Å². The number of ether oxygens (including phenoxy) is 1. The fraction of sp³-hybridized carbons (Fsp3) is 0.286. The van der Waals surface area contributed by atoms with Crippen LogP contribution in [0.5, 0.6) is 0 Å². The number of carbonyl (C=O) groups excluding carboxylic acids is 1. The maximum Gasteiger partial charge on any atom is 0.338 e. The maximum absolute atomic E-state index is 12.1. The van der Waals surface area contributed by atoms with Crippen LogP contribution < -0.4 is 10.6 Å². The van der Waals surface area contributed by atoms with Crippen molar-refractivity contribution in [3.63, 3.8) is 0 Å². The van der Waals surface area contributed by atoms with Gasteiger partial charge in [0, 0.05) is 5.70 Å². The van der Waals surface area contributed by atoms with Crippen molar-refractivity contribution in [3.05, 3.63) is 47.2 Å². The minimum Gasteiger partial charge on any atom is -0.457 e. The van der Waals surface area contributed by atoms with Crippen LogP contribution in [-0.2, 0) is 16.1 Å². The molecule has 20 heavy (non-hydrogen) atoms. The number of rotatable bonds is 4. The van der Waals surface area contributed by atoms with Gasteiger partial charge in [0.15, 0.2) is 5.11 Å². The molecule has 1 aromatic rings. The number of esters is 1. The summed E-state index contributed by atoms with van der Waals surface area (Å²) in [7, 11) is 0. The average Bonchev–Trinajstić information content (AvgIpc) is 2.45. The van der Waals surface area contributed by atoms with E-state index in [0.717, 1.165) is 5.56 Å². The molecule has 0 saturated carbocycles. The molecule has 0 radical (unpaired) electrons. The number of hydrogen-bond donors (Lipinski definition) is 3. The first-order chi connectivity index (χ1) is 9.61. The van der Waals surface area contributed by atoms with Gasteiger partial charge in [-0.15, -0.1) is 0 Å². The highest BCUT2D eigenvalue weighted by Crippen LogP contribution is 2.15. The predicted octanol–water partition coefficient (Wildman–Crippen LogP) is 0.842. The van der Waals surface area contributed by atoms with Gasteiger partial charge < -0.3 is 20.5 Å². The van der Waals surface area contributed by atoms with Crippen LogP contribution in [0.15, 0.2) is 41.6 Å². The Morgan fingerprint density at radius 3 is 2.75 bits per heavy atom. The molecule has 3 N–H and O–H groups in total. The van der Waals surface area contributed by atoms with Crippen LogP contribution in [0, 0.1) is 0 Å². The SMILES string of the molecule is CC1=C(C(=O)OCc2ccccc2)C(CO)NC(=S)N1. The number of thiocarbonyl (C=S) groups is 1. The molecule has 0 spiro atoms. The first kappa shape index (κ1) is 14.5.